The standard InChI is InChI=1S/C19H20N4O11S/c1-5-32-13(24)9-33-15-14(23(28)29)16(21-19(20-15)35(4,30)31)34-12-7-10(17(25)22(2)3)6-11(8-12)18(26)27/h6-8H,5,9H2,1-4H3,(H,26,27). The van der Waals surface area contributed by atoms with Crippen LogP contribution in [0.3, 0.4) is 0 Å². The Kier molecular flexibility index (Phi) is 8.25. The van der Waals surface area contributed by atoms with E-state index in [2.05, 4.69) is 14.7 Å². The van der Waals surface area contributed by atoms with Crippen LogP contribution in [-0.4, -0.2) is 84.7 Å². The number of aromatic carboxylic acids is 1. The third kappa shape index (κ3) is 6.83. The highest BCUT2D eigenvalue weighted by molar-refractivity contribution is 7.90. The van der Waals surface area contributed by atoms with Gasteiger partial charge in [-0.2, -0.15) is 9.97 Å². The van der Waals surface area contributed by atoms with E-state index >= 15 is 0 Å². The highest BCUT2D eigenvalue weighted by Gasteiger charge is 2.32. The topological polar surface area (TPSA) is 205 Å². The van der Waals surface area contributed by atoms with Gasteiger partial charge in [0.1, 0.15) is 5.75 Å². The Morgan fingerprint density at radius 2 is 1.71 bits per heavy atom. The van der Waals surface area contributed by atoms with Crippen LogP contribution >= 0.6 is 0 Å². The molecule has 1 heterocycles. The molecule has 2 rings (SSSR count). The first kappa shape index (κ1) is 26.9. The van der Waals surface area contributed by atoms with E-state index in [0.29, 0.717) is 6.26 Å². The molecular formula is C19H20N4O11S. The number of esters is 1. The Balaban J connectivity index is 2.69. The van der Waals surface area contributed by atoms with Gasteiger partial charge in [-0.1, -0.05) is 0 Å². The number of aromatic nitrogens is 2. The maximum absolute atomic E-state index is 12.3. The fourth-order valence-corrected chi connectivity index (χ4v) is 2.99. The number of carboxylic acids is 1. The average molecular weight is 512 g/mol. The fraction of sp³-hybridized carbons (Fsp3) is 0.316. The van der Waals surface area contributed by atoms with Gasteiger partial charge in [-0.05, 0) is 25.1 Å². The van der Waals surface area contributed by atoms with Gasteiger partial charge in [0.2, 0.25) is 9.84 Å². The summed E-state index contributed by atoms with van der Waals surface area (Å²) in [5, 5.41) is 20.2. The molecule has 0 spiro atoms. The minimum Gasteiger partial charge on any atom is -0.478 e. The number of hydrogen-bond acceptors (Lipinski definition) is 12. The molecule has 2 aromatic rings. The van der Waals surface area contributed by atoms with Gasteiger partial charge >= 0.3 is 29.4 Å². The second-order valence-corrected chi connectivity index (χ2v) is 8.85. The van der Waals surface area contributed by atoms with Crippen LogP contribution in [0.15, 0.2) is 23.4 Å². The van der Waals surface area contributed by atoms with E-state index in [1.807, 2.05) is 0 Å². The molecule has 1 aromatic carbocycles. The van der Waals surface area contributed by atoms with Crippen molar-refractivity contribution in [2.24, 2.45) is 0 Å². The monoisotopic (exact) mass is 512 g/mol. The third-order valence-corrected chi connectivity index (χ3v) is 4.81. The highest BCUT2D eigenvalue weighted by atomic mass is 32.2. The molecule has 0 fully saturated rings. The number of carbonyl (C=O) groups is 3. The summed E-state index contributed by atoms with van der Waals surface area (Å²) in [6.45, 7) is 0.661. The maximum Gasteiger partial charge on any atom is 0.392 e. The quantitative estimate of drug-likeness (QED) is 0.204. The van der Waals surface area contributed by atoms with Crippen molar-refractivity contribution in [1.29, 1.82) is 0 Å². The van der Waals surface area contributed by atoms with Crippen LogP contribution in [0.25, 0.3) is 0 Å². The Morgan fingerprint density at radius 3 is 2.23 bits per heavy atom. The number of sulfone groups is 1. The largest absolute Gasteiger partial charge is 0.478 e. The molecule has 16 heteroatoms. The van der Waals surface area contributed by atoms with Crippen molar-refractivity contribution in [3.05, 3.63) is 39.4 Å². The maximum atomic E-state index is 12.3. The van der Waals surface area contributed by atoms with E-state index in [4.69, 9.17) is 9.47 Å². The molecule has 188 valence electrons. The number of nitrogens with zero attached hydrogens (tertiary/aromatic N) is 4. The van der Waals surface area contributed by atoms with E-state index in [1.165, 1.54) is 21.0 Å². The molecule has 0 aliphatic rings. The van der Waals surface area contributed by atoms with E-state index in [-0.39, 0.29) is 17.9 Å². The SMILES string of the molecule is CCOC(=O)COc1nc(S(C)(=O)=O)nc(Oc2cc(C(=O)O)cc(C(=O)N(C)C)c2)c1[N+](=O)[O-]. The number of ether oxygens (including phenoxy) is 3. The molecule has 0 aliphatic carbocycles. The molecule has 0 unspecified atom stereocenters. The third-order valence-electron chi connectivity index (χ3n) is 3.97. The zero-order valence-electron chi connectivity index (χ0n) is 18.9. The molecule has 0 saturated carbocycles. The smallest absolute Gasteiger partial charge is 0.392 e. The number of hydrogen-bond donors (Lipinski definition) is 1. The molecule has 0 aliphatic heterocycles. The van der Waals surface area contributed by atoms with Crippen molar-refractivity contribution >= 4 is 33.4 Å². The molecule has 1 amide bonds. The molecule has 35 heavy (non-hydrogen) atoms. The van der Waals surface area contributed by atoms with Crippen molar-refractivity contribution < 1.29 is 47.0 Å². The lowest BCUT2D eigenvalue weighted by atomic mass is 10.1. The zero-order valence-corrected chi connectivity index (χ0v) is 19.7. The summed E-state index contributed by atoms with van der Waals surface area (Å²) in [5.41, 5.74) is -1.59. The minimum absolute atomic E-state index is 0.00900. The van der Waals surface area contributed by atoms with Gasteiger partial charge in [0.05, 0.1) is 17.1 Å². The van der Waals surface area contributed by atoms with Crippen LogP contribution in [0.5, 0.6) is 17.5 Å². The van der Waals surface area contributed by atoms with E-state index in [9.17, 15) is 38.0 Å². The molecule has 0 atom stereocenters. The Labute approximate surface area is 198 Å². The van der Waals surface area contributed by atoms with Crippen LogP contribution in [0.4, 0.5) is 5.69 Å². The van der Waals surface area contributed by atoms with Gasteiger partial charge in [0.25, 0.3) is 11.1 Å². The molecule has 15 nitrogen and oxygen atoms in total. The second kappa shape index (κ2) is 10.7. The summed E-state index contributed by atoms with van der Waals surface area (Å²) in [4.78, 5) is 54.4. The van der Waals surface area contributed by atoms with Gasteiger partial charge in [0, 0.05) is 25.9 Å². The first-order chi connectivity index (χ1) is 16.2. The van der Waals surface area contributed by atoms with E-state index < -0.39 is 67.4 Å². The number of rotatable bonds is 10. The lowest BCUT2D eigenvalue weighted by molar-refractivity contribution is -0.387. The highest BCUT2D eigenvalue weighted by Crippen LogP contribution is 2.37. The summed E-state index contributed by atoms with van der Waals surface area (Å²) in [5.74, 6) is -5.18. The van der Waals surface area contributed by atoms with Crippen molar-refractivity contribution in [3.63, 3.8) is 0 Å². The Morgan fingerprint density at radius 1 is 1.11 bits per heavy atom. The summed E-state index contributed by atoms with van der Waals surface area (Å²) in [7, 11) is -1.33. The number of carboxylic acid groups (broad SMARTS) is 1. The zero-order chi connectivity index (χ0) is 26.5. The van der Waals surface area contributed by atoms with Gasteiger partial charge in [0.15, 0.2) is 6.61 Å². The van der Waals surface area contributed by atoms with Crippen LogP contribution in [-0.2, 0) is 19.4 Å². The van der Waals surface area contributed by atoms with Crippen molar-refractivity contribution in [2.45, 2.75) is 12.1 Å². The van der Waals surface area contributed by atoms with Crippen LogP contribution in [0.2, 0.25) is 0 Å². The van der Waals surface area contributed by atoms with Gasteiger partial charge < -0.3 is 24.2 Å². The summed E-state index contributed by atoms with van der Waals surface area (Å²) >= 11 is 0. The predicted molar refractivity (Wildman–Crippen MR) is 115 cm³/mol. The van der Waals surface area contributed by atoms with Crippen molar-refractivity contribution in [3.8, 4) is 17.5 Å². The molecule has 0 bridgehead atoms. The van der Waals surface area contributed by atoms with Gasteiger partial charge in [-0.3, -0.25) is 14.9 Å². The summed E-state index contributed by atoms with van der Waals surface area (Å²) < 4.78 is 39.1. The van der Waals surface area contributed by atoms with E-state index in [1.54, 1.807) is 0 Å². The second-order valence-electron chi connectivity index (χ2n) is 6.94. The van der Waals surface area contributed by atoms with Crippen molar-refractivity contribution in [2.75, 3.05) is 33.6 Å². The molecule has 0 radical (unpaired) electrons. The van der Waals surface area contributed by atoms with Gasteiger partial charge in [-0.25, -0.2) is 18.0 Å². The lowest BCUT2D eigenvalue weighted by Crippen LogP contribution is -2.22. The Bertz CT molecular complexity index is 1290. The molecular weight excluding hydrogens is 492 g/mol. The van der Waals surface area contributed by atoms with Crippen LogP contribution < -0.4 is 9.47 Å². The number of amides is 1. The minimum atomic E-state index is -4.16. The van der Waals surface area contributed by atoms with Crippen molar-refractivity contribution in [1.82, 2.24) is 14.9 Å². The van der Waals surface area contributed by atoms with Crippen LogP contribution in [0, 0.1) is 10.1 Å². The summed E-state index contributed by atoms with van der Waals surface area (Å²) in [6, 6.07) is 3.08. The van der Waals surface area contributed by atoms with Gasteiger partial charge in [-0.15, -0.1) is 0 Å². The lowest BCUT2D eigenvalue weighted by Gasteiger charge is -2.13. The normalized spacial score (nSPS) is 10.9. The fourth-order valence-electron chi connectivity index (χ4n) is 2.49. The Hall–Kier alpha value is -4.34. The number of nitro groups is 1. The molecule has 1 N–H and O–H groups in total. The summed E-state index contributed by atoms with van der Waals surface area (Å²) in [6.07, 6.45) is 0.714. The number of benzene rings is 1. The first-order valence-electron chi connectivity index (χ1n) is 9.57. The molecule has 0 saturated heterocycles. The molecule has 1 aromatic heterocycles. The number of carbonyl (C=O) groups excluding carboxylic acids is 2. The predicted octanol–water partition coefficient (Wildman–Crippen LogP) is 0.923. The first-order valence-corrected chi connectivity index (χ1v) is 11.5. The average Bonchev–Trinajstić information content (AvgIpc) is 2.75. The van der Waals surface area contributed by atoms with E-state index in [0.717, 1.165) is 23.1 Å². The van der Waals surface area contributed by atoms with Crippen LogP contribution in [0.1, 0.15) is 27.6 Å².